The number of nitrogens with one attached hydrogen (secondary N) is 3. The van der Waals surface area contributed by atoms with Gasteiger partial charge in [0.25, 0.3) is 0 Å². The predicted molar refractivity (Wildman–Crippen MR) is 120 cm³/mol. The van der Waals surface area contributed by atoms with E-state index in [2.05, 4.69) is 37.9 Å². The van der Waals surface area contributed by atoms with Gasteiger partial charge in [0.1, 0.15) is 5.82 Å². The van der Waals surface area contributed by atoms with Gasteiger partial charge in [-0.2, -0.15) is 4.98 Å². The summed E-state index contributed by atoms with van der Waals surface area (Å²) in [5.41, 5.74) is 1.80. The van der Waals surface area contributed by atoms with Crippen molar-refractivity contribution in [3.63, 3.8) is 0 Å². The predicted octanol–water partition coefficient (Wildman–Crippen LogP) is 4.52. The third-order valence-corrected chi connectivity index (χ3v) is 5.33. The van der Waals surface area contributed by atoms with Crippen LogP contribution in [-0.4, -0.2) is 40.9 Å². The molecule has 0 radical (unpaired) electrons. The number of likely N-dealkylation sites (tertiary alicyclic amines) is 1. The number of nitrogens with zero attached hydrogens (tertiary/aromatic N) is 3. The molecule has 0 atom stereocenters. The molecule has 0 aliphatic carbocycles. The van der Waals surface area contributed by atoms with Crippen molar-refractivity contribution < 1.29 is 13.6 Å². The zero-order valence-corrected chi connectivity index (χ0v) is 17.6. The summed E-state index contributed by atoms with van der Waals surface area (Å²) in [5, 5.41) is 8.80. The molecule has 166 valence electrons. The van der Waals surface area contributed by atoms with E-state index in [0.29, 0.717) is 17.1 Å². The number of aromatic nitrogens is 2. The van der Waals surface area contributed by atoms with E-state index in [-0.39, 0.29) is 29.4 Å². The molecule has 1 aromatic heterocycles. The number of anilines is 5. The number of carbonyl (C=O) groups excluding carboxylic acids is 1. The van der Waals surface area contributed by atoms with Gasteiger partial charge in [-0.3, -0.25) is 4.79 Å². The zero-order chi connectivity index (χ0) is 22.5. The van der Waals surface area contributed by atoms with E-state index in [1.807, 2.05) is 6.07 Å². The summed E-state index contributed by atoms with van der Waals surface area (Å²) < 4.78 is 27.2. The summed E-state index contributed by atoms with van der Waals surface area (Å²) in [7, 11) is 2.06. The molecule has 1 aliphatic rings. The van der Waals surface area contributed by atoms with Crippen molar-refractivity contribution in [2.75, 3.05) is 36.1 Å². The van der Waals surface area contributed by atoms with E-state index in [1.54, 1.807) is 18.2 Å². The van der Waals surface area contributed by atoms with Crippen LogP contribution < -0.4 is 16.0 Å². The molecule has 1 fully saturated rings. The number of rotatable bonds is 6. The number of amides is 1. The molecule has 2 heterocycles. The maximum absolute atomic E-state index is 14.1. The first-order valence-electron chi connectivity index (χ1n) is 10.4. The number of benzene rings is 2. The Morgan fingerprint density at radius 1 is 1.00 bits per heavy atom. The largest absolute Gasteiger partial charge is 0.338 e. The van der Waals surface area contributed by atoms with Gasteiger partial charge in [-0.15, -0.1) is 0 Å². The lowest BCUT2D eigenvalue weighted by atomic mass is 9.96. The number of carbonyl (C=O) groups is 1. The molecule has 4 rings (SSSR count). The van der Waals surface area contributed by atoms with Crippen LogP contribution in [0.25, 0.3) is 0 Å². The molecule has 9 heteroatoms. The first-order chi connectivity index (χ1) is 15.5. The van der Waals surface area contributed by atoms with Crippen LogP contribution >= 0.6 is 0 Å². The van der Waals surface area contributed by atoms with Gasteiger partial charge in [-0.25, -0.2) is 13.8 Å². The lowest BCUT2D eigenvalue weighted by Gasteiger charge is -2.28. The van der Waals surface area contributed by atoms with E-state index in [0.717, 1.165) is 32.1 Å². The minimum Gasteiger partial charge on any atom is -0.338 e. The van der Waals surface area contributed by atoms with E-state index < -0.39 is 5.82 Å². The summed E-state index contributed by atoms with van der Waals surface area (Å²) in [4.78, 5) is 22.9. The van der Waals surface area contributed by atoms with Gasteiger partial charge in [0.15, 0.2) is 11.6 Å². The van der Waals surface area contributed by atoms with Crippen molar-refractivity contribution >= 4 is 34.7 Å². The summed E-state index contributed by atoms with van der Waals surface area (Å²) in [6.07, 6.45) is 2.73. The third-order valence-electron chi connectivity index (χ3n) is 5.33. The lowest BCUT2D eigenvalue weighted by molar-refractivity contribution is -0.121. The fourth-order valence-corrected chi connectivity index (χ4v) is 3.50. The molecular formula is C23H24F2N6O. The van der Waals surface area contributed by atoms with Gasteiger partial charge >= 0.3 is 0 Å². The first-order valence-corrected chi connectivity index (χ1v) is 10.4. The highest BCUT2D eigenvalue weighted by Gasteiger charge is 2.23. The summed E-state index contributed by atoms with van der Waals surface area (Å²) in [6, 6.07) is 12.7. The average Bonchev–Trinajstić information content (AvgIpc) is 2.78. The molecule has 1 amide bonds. The Balaban J connectivity index is 1.43. The minimum atomic E-state index is -0.640. The average molecular weight is 438 g/mol. The van der Waals surface area contributed by atoms with Crippen LogP contribution in [-0.2, 0) is 4.79 Å². The molecule has 2 aromatic carbocycles. The maximum Gasteiger partial charge on any atom is 0.229 e. The standard InChI is InChI=1S/C23H24F2N6O/c1-31-11-9-15(10-12-31)22(32)28-18-3-2-4-19(13-18)29-23-26-14-20(25)21(30-23)27-17-7-5-16(24)6-8-17/h2-8,13-15H,9-12H2,1H3,(H,28,32)(H2,26,27,29,30). The van der Waals surface area contributed by atoms with Crippen LogP contribution in [0.3, 0.4) is 0 Å². The van der Waals surface area contributed by atoms with Crippen LogP contribution in [0.4, 0.5) is 37.6 Å². The highest BCUT2D eigenvalue weighted by Crippen LogP contribution is 2.23. The topological polar surface area (TPSA) is 82.2 Å². The quantitative estimate of drug-likeness (QED) is 0.525. The Hall–Kier alpha value is -3.59. The first kappa shape index (κ1) is 21.6. The summed E-state index contributed by atoms with van der Waals surface area (Å²) >= 11 is 0. The monoisotopic (exact) mass is 438 g/mol. The molecule has 0 bridgehead atoms. The third kappa shape index (κ3) is 5.55. The summed E-state index contributed by atoms with van der Waals surface area (Å²) in [6.45, 7) is 1.83. The van der Waals surface area contributed by atoms with E-state index in [1.165, 1.54) is 24.3 Å². The van der Waals surface area contributed by atoms with Gasteiger partial charge in [-0.1, -0.05) is 6.07 Å². The van der Waals surface area contributed by atoms with Crippen molar-refractivity contribution in [1.29, 1.82) is 0 Å². The van der Waals surface area contributed by atoms with Crippen LogP contribution in [0.15, 0.2) is 54.7 Å². The number of hydrogen-bond acceptors (Lipinski definition) is 6. The Morgan fingerprint density at radius 3 is 2.47 bits per heavy atom. The number of piperidine rings is 1. The Kier molecular flexibility index (Phi) is 6.55. The second kappa shape index (κ2) is 9.69. The highest BCUT2D eigenvalue weighted by atomic mass is 19.1. The molecular weight excluding hydrogens is 414 g/mol. The fourth-order valence-electron chi connectivity index (χ4n) is 3.50. The molecule has 0 spiro atoms. The van der Waals surface area contributed by atoms with Crippen LogP contribution in [0.1, 0.15) is 12.8 Å². The van der Waals surface area contributed by atoms with Crippen LogP contribution in [0.2, 0.25) is 0 Å². The molecule has 7 nitrogen and oxygen atoms in total. The van der Waals surface area contributed by atoms with E-state index >= 15 is 0 Å². The minimum absolute atomic E-state index is 0.00309. The van der Waals surface area contributed by atoms with Gasteiger partial charge in [-0.05, 0) is 75.4 Å². The molecule has 32 heavy (non-hydrogen) atoms. The van der Waals surface area contributed by atoms with Crippen molar-refractivity contribution in [3.05, 3.63) is 66.4 Å². The Morgan fingerprint density at radius 2 is 1.72 bits per heavy atom. The SMILES string of the molecule is CN1CCC(C(=O)Nc2cccc(Nc3ncc(F)c(Nc4ccc(F)cc4)n3)c2)CC1. The molecule has 0 saturated carbocycles. The van der Waals surface area contributed by atoms with Gasteiger partial charge in [0.05, 0.1) is 6.20 Å². The maximum atomic E-state index is 14.1. The highest BCUT2D eigenvalue weighted by molar-refractivity contribution is 5.93. The lowest BCUT2D eigenvalue weighted by Crippen LogP contribution is -2.35. The number of hydrogen-bond donors (Lipinski definition) is 3. The molecule has 3 aromatic rings. The van der Waals surface area contributed by atoms with Crippen molar-refractivity contribution in [3.8, 4) is 0 Å². The Bertz CT molecular complexity index is 1080. The van der Waals surface area contributed by atoms with Crippen LogP contribution in [0.5, 0.6) is 0 Å². The zero-order valence-electron chi connectivity index (χ0n) is 17.6. The van der Waals surface area contributed by atoms with Crippen molar-refractivity contribution in [2.45, 2.75) is 12.8 Å². The summed E-state index contributed by atoms with van der Waals surface area (Å²) in [5.74, 6) is -0.874. The second-order valence-corrected chi connectivity index (χ2v) is 7.79. The van der Waals surface area contributed by atoms with E-state index in [9.17, 15) is 13.6 Å². The van der Waals surface area contributed by atoms with Crippen LogP contribution in [0, 0.1) is 17.6 Å². The van der Waals surface area contributed by atoms with Gasteiger partial charge in [0, 0.05) is 23.0 Å². The molecule has 3 N–H and O–H groups in total. The van der Waals surface area contributed by atoms with E-state index in [4.69, 9.17) is 0 Å². The molecule has 0 unspecified atom stereocenters. The van der Waals surface area contributed by atoms with Gasteiger partial charge in [0.2, 0.25) is 11.9 Å². The smallest absolute Gasteiger partial charge is 0.229 e. The molecule has 1 aliphatic heterocycles. The molecule has 1 saturated heterocycles. The second-order valence-electron chi connectivity index (χ2n) is 7.79. The number of halogens is 2. The normalized spacial score (nSPS) is 14.7. The van der Waals surface area contributed by atoms with Gasteiger partial charge < -0.3 is 20.9 Å². The van der Waals surface area contributed by atoms with Crippen molar-refractivity contribution in [2.24, 2.45) is 5.92 Å². The van der Waals surface area contributed by atoms with Crippen molar-refractivity contribution in [1.82, 2.24) is 14.9 Å². The fraction of sp³-hybridized carbons (Fsp3) is 0.261. The Labute approximate surface area is 184 Å².